The molecule has 1 N–H and O–H groups in total. The Hall–Kier alpha value is -2.86. The summed E-state index contributed by atoms with van der Waals surface area (Å²) in [6.45, 7) is 0.834. The van der Waals surface area contributed by atoms with Gasteiger partial charge in [0, 0.05) is 18.7 Å². The van der Waals surface area contributed by atoms with Crippen molar-refractivity contribution in [1.82, 2.24) is 4.98 Å². The van der Waals surface area contributed by atoms with E-state index in [2.05, 4.69) is 12.2 Å². The number of carbonyl (C=O) groups is 1. The molecule has 0 aliphatic carbocycles. The maximum absolute atomic E-state index is 11.6. The molecular weight excluding hydrogens is 418 g/mol. The van der Waals surface area contributed by atoms with Crippen molar-refractivity contribution in [3.63, 3.8) is 0 Å². The first-order chi connectivity index (χ1) is 16.2. The summed E-state index contributed by atoms with van der Waals surface area (Å²) in [7, 11) is 3.06. The second-order valence-electron chi connectivity index (χ2n) is 7.88. The van der Waals surface area contributed by atoms with Crippen LogP contribution in [0.25, 0.3) is 6.08 Å². The summed E-state index contributed by atoms with van der Waals surface area (Å²) in [5.74, 6) is 1.35. The molecule has 1 heterocycles. The van der Waals surface area contributed by atoms with Crippen LogP contribution in [0.2, 0.25) is 0 Å². The highest BCUT2D eigenvalue weighted by Crippen LogP contribution is 2.21. The number of pyridine rings is 1. The first-order valence-electron chi connectivity index (χ1n) is 11.8. The Balaban J connectivity index is 1.80. The topological polar surface area (TPSA) is 77.9 Å². The number of aliphatic hydroxyl groups excluding tert-OH is 1. The van der Waals surface area contributed by atoms with Crippen molar-refractivity contribution in [3.8, 4) is 11.5 Å². The van der Waals surface area contributed by atoms with E-state index in [1.807, 2.05) is 36.4 Å². The van der Waals surface area contributed by atoms with Crippen LogP contribution in [0.15, 0.2) is 42.5 Å². The molecule has 1 aromatic heterocycles. The van der Waals surface area contributed by atoms with Gasteiger partial charge < -0.3 is 19.3 Å². The average Bonchev–Trinajstić information content (AvgIpc) is 2.85. The first kappa shape index (κ1) is 26.4. The normalized spacial score (nSPS) is 11.0. The van der Waals surface area contributed by atoms with Crippen LogP contribution < -0.4 is 9.47 Å². The van der Waals surface area contributed by atoms with Crippen LogP contribution >= 0.6 is 0 Å². The molecule has 2 rings (SSSR count). The molecule has 33 heavy (non-hydrogen) atoms. The highest BCUT2D eigenvalue weighted by molar-refractivity contribution is 5.69. The van der Waals surface area contributed by atoms with E-state index < -0.39 is 0 Å². The van der Waals surface area contributed by atoms with Gasteiger partial charge in [0.2, 0.25) is 0 Å². The Labute approximate surface area is 197 Å². The summed E-state index contributed by atoms with van der Waals surface area (Å²) in [5.41, 5.74) is 2.95. The van der Waals surface area contributed by atoms with Crippen molar-refractivity contribution in [2.45, 2.75) is 57.8 Å². The second kappa shape index (κ2) is 15.9. The van der Waals surface area contributed by atoms with E-state index in [0.29, 0.717) is 13.0 Å². The number of esters is 1. The maximum Gasteiger partial charge on any atom is 0.305 e. The molecule has 2 aromatic rings. The quantitative estimate of drug-likeness (QED) is 0.278. The molecule has 0 aliphatic heterocycles. The summed E-state index contributed by atoms with van der Waals surface area (Å²) < 4.78 is 16.0. The lowest BCUT2D eigenvalue weighted by Gasteiger charge is -2.12. The number of ether oxygens (including phenoxy) is 3. The Morgan fingerprint density at radius 1 is 0.970 bits per heavy atom. The fourth-order valence-corrected chi connectivity index (χ4v) is 3.38. The van der Waals surface area contributed by atoms with Gasteiger partial charge >= 0.3 is 5.97 Å². The molecular formula is C27H37NO5. The van der Waals surface area contributed by atoms with Gasteiger partial charge in [-0.3, -0.25) is 9.78 Å². The van der Waals surface area contributed by atoms with Crippen molar-refractivity contribution >= 4 is 12.0 Å². The van der Waals surface area contributed by atoms with Crippen LogP contribution in [0.5, 0.6) is 11.5 Å². The van der Waals surface area contributed by atoms with E-state index in [0.717, 1.165) is 73.4 Å². The molecule has 0 atom stereocenters. The number of aromatic nitrogens is 1. The number of aryl methyl sites for hydroxylation is 2. The summed E-state index contributed by atoms with van der Waals surface area (Å²) in [6, 6.07) is 12.0. The van der Waals surface area contributed by atoms with E-state index in [4.69, 9.17) is 24.3 Å². The van der Waals surface area contributed by atoms with Crippen molar-refractivity contribution in [1.29, 1.82) is 0 Å². The molecule has 0 aliphatic rings. The molecule has 0 amide bonds. The van der Waals surface area contributed by atoms with Crippen molar-refractivity contribution in [3.05, 3.63) is 59.4 Å². The third-order valence-corrected chi connectivity index (χ3v) is 5.32. The lowest BCUT2D eigenvalue weighted by molar-refractivity contribution is -0.140. The van der Waals surface area contributed by atoms with Crippen molar-refractivity contribution in [2.75, 3.05) is 27.4 Å². The van der Waals surface area contributed by atoms with E-state index in [-0.39, 0.29) is 19.0 Å². The van der Waals surface area contributed by atoms with E-state index in [9.17, 15) is 4.79 Å². The molecule has 0 saturated carbocycles. The lowest BCUT2D eigenvalue weighted by atomic mass is 10.1. The standard InChI is InChI=1S/C27H37NO5/c1-31-24-15-12-22(13-16-24)10-6-3-4-9-21-33-26-18-14-23(11-7-5-8-20-29)28-25(26)17-19-27(30)32-2/h6,10,12-16,18,29H,3-5,7-9,11,17,19-21H2,1-2H3. The molecule has 6 nitrogen and oxygen atoms in total. The van der Waals surface area contributed by atoms with Crippen LogP contribution in [0.3, 0.4) is 0 Å². The molecule has 1 aromatic carbocycles. The van der Waals surface area contributed by atoms with Gasteiger partial charge in [0.1, 0.15) is 11.5 Å². The summed E-state index contributed by atoms with van der Waals surface area (Å²) in [5, 5.41) is 8.93. The highest BCUT2D eigenvalue weighted by Gasteiger charge is 2.10. The number of allylic oxidation sites excluding steroid dienone is 1. The summed E-state index contributed by atoms with van der Waals surface area (Å²) in [6.07, 6.45) is 11.6. The minimum absolute atomic E-state index is 0.224. The van der Waals surface area contributed by atoms with Gasteiger partial charge in [0.25, 0.3) is 0 Å². The van der Waals surface area contributed by atoms with E-state index >= 15 is 0 Å². The fraction of sp³-hybridized carbons (Fsp3) is 0.481. The van der Waals surface area contributed by atoms with Gasteiger partial charge in [0.05, 0.1) is 32.9 Å². The molecule has 0 unspecified atom stereocenters. The molecule has 0 saturated heterocycles. The zero-order valence-corrected chi connectivity index (χ0v) is 19.9. The highest BCUT2D eigenvalue weighted by atomic mass is 16.5. The number of carbonyl (C=O) groups excluding carboxylic acids is 1. The average molecular weight is 456 g/mol. The molecule has 6 heteroatoms. The zero-order valence-electron chi connectivity index (χ0n) is 19.9. The second-order valence-corrected chi connectivity index (χ2v) is 7.88. The third-order valence-electron chi connectivity index (χ3n) is 5.32. The Morgan fingerprint density at radius 2 is 1.79 bits per heavy atom. The number of nitrogens with zero attached hydrogens (tertiary/aromatic N) is 1. The number of hydrogen-bond donors (Lipinski definition) is 1. The van der Waals surface area contributed by atoms with E-state index in [1.54, 1.807) is 7.11 Å². The van der Waals surface area contributed by atoms with Gasteiger partial charge in [-0.05, 0) is 68.4 Å². The molecule has 0 bridgehead atoms. The number of unbranched alkanes of at least 4 members (excludes halogenated alkanes) is 4. The molecule has 0 fully saturated rings. The lowest BCUT2D eigenvalue weighted by Crippen LogP contribution is -2.07. The first-order valence-corrected chi connectivity index (χ1v) is 11.8. The van der Waals surface area contributed by atoms with Crippen molar-refractivity contribution < 1.29 is 24.1 Å². The van der Waals surface area contributed by atoms with Crippen LogP contribution in [-0.2, 0) is 22.4 Å². The van der Waals surface area contributed by atoms with Gasteiger partial charge in [-0.15, -0.1) is 0 Å². The Bertz CT molecular complexity index is 848. The van der Waals surface area contributed by atoms with Crippen LogP contribution in [0, 0.1) is 0 Å². The fourth-order valence-electron chi connectivity index (χ4n) is 3.38. The number of benzene rings is 1. The monoisotopic (exact) mass is 455 g/mol. The smallest absolute Gasteiger partial charge is 0.305 e. The minimum Gasteiger partial charge on any atom is -0.497 e. The SMILES string of the molecule is COC(=O)CCc1nc(CCCCCO)ccc1OCCCCC=Cc1ccc(OC)cc1. The maximum atomic E-state index is 11.6. The minimum atomic E-state index is -0.250. The van der Waals surface area contributed by atoms with Gasteiger partial charge in [0.15, 0.2) is 0 Å². The van der Waals surface area contributed by atoms with Crippen LogP contribution in [-0.4, -0.2) is 43.5 Å². The molecule has 180 valence electrons. The van der Waals surface area contributed by atoms with Crippen molar-refractivity contribution in [2.24, 2.45) is 0 Å². The number of methoxy groups -OCH3 is 2. The van der Waals surface area contributed by atoms with E-state index in [1.165, 1.54) is 7.11 Å². The number of hydrogen-bond acceptors (Lipinski definition) is 6. The predicted octanol–water partition coefficient (Wildman–Crippen LogP) is 5.16. The van der Waals surface area contributed by atoms with Crippen LogP contribution in [0.4, 0.5) is 0 Å². The Kier molecular flexibility index (Phi) is 12.7. The Morgan fingerprint density at radius 3 is 2.52 bits per heavy atom. The number of aliphatic hydroxyl groups is 1. The predicted molar refractivity (Wildman–Crippen MR) is 131 cm³/mol. The number of rotatable bonds is 16. The molecule has 0 radical (unpaired) electrons. The van der Waals surface area contributed by atoms with Crippen LogP contribution in [0.1, 0.15) is 61.9 Å². The third kappa shape index (κ3) is 10.5. The van der Waals surface area contributed by atoms with Gasteiger partial charge in [-0.2, -0.15) is 0 Å². The largest absolute Gasteiger partial charge is 0.497 e. The zero-order chi connectivity index (χ0) is 23.7. The van der Waals surface area contributed by atoms with Gasteiger partial charge in [-0.1, -0.05) is 30.7 Å². The summed E-state index contributed by atoms with van der Waals surface area (Å²) >= 11 is 0. The molecule has 0 spiro atoms. The summed E-state index contributed by atoms with van der Waals surface area (Å²) in [4.78, 5) is 16.3. The van der Waals surface area contributed by atoms with Gasteiger partial charge in [-0.25, -0.2) is 0 Å².